The van der Waals surface area contributed by atoms with E-state index in [0.717, 1.165) is 48.5 Å². The highest BCUT2D eigenvalue weighted by molar-refractivity contribution is 6.19. The number of hydrogen-bond donors (Lipinski definition) is 1. The molecule has 0 bridgehead atoms. The van der Waals surface area contributed by atoms with E-state index in [1.54, 1.807) is 12.3 Å². The first-order valence-electron chi connectivity index (χ1n) is 8.91. The summed E-state index contributed by atoms with van der Waals surface area (Å²) >= 11 is 0. The molecule has 4 rings (SSSR count). The molecule has 0 atom stereocenters. The molecule has 0 aliphatic carbocycles. The lowest BCUT2D eigenvalue weighted by Gasteiger charge is -2.28. The van der Waals surface area contributed by atoms with Gasteiger partial charge in [-0.1, -0.05) is 30.3 Å². The number of nitrogens with one attached hydrogen (secondary N) is 1. The minimum Gasteiger partial charge on any atom is -0.378 e. The number of H-pyrrole nitrogens is 1. The second kappa shape index (κ2) is 7.48. The molecule has 5 nitrogen and oxygen atoms in total. The number of ketones is 1. The monoisotopic (exact) mass is 357 g/mol. The highest BCUT2D eigenvalue weighted by Crippen LogP contribution is 2.23. The molecule has 27 heavy (non-hydrogen) atoms. The predicted octanol–water partition coefficient (Wildman–Crippen LogP) is 3.79. The molecule has 2 aromatic carbocycles. The van der Waals surface area contributed by atoms with Gasteiger partial charge in [0.15, 0.2) is 0 Å². The summed E-state index contributed by atoms with van der Waals surface area (Å²) in [5.74, 6) is -0.271. The van der Waals surface area contributed by atoms with Crippen molar-refractivity contribution in [2.75, 3.05) is 31.2 Å². The second-order valence-electron chi connectivity index (χ2n) is 6.44. The van der Waals surface area contributed by atoms with Crippen LogP contribution in [-0.2, 0) is 4.74 Å². The Morgan fingerprint density at radius 3 is 2.59 bits per heavy atom. The van der Waals surface area contributed by atoms with E-state index in [0.29, 0.717) is 5.56 Å². The number of fused-ring (bicyclic) bond motifs is 1. The van der Waals surface area contributed by atoms with Gasteiger partial charge in [0.25, 0.3) is 0 Å². The standard InChI is InChI=1S/C22H19N3O2/c23-14-17(22(26)20-15-24-21-4-2-1-3-19(20)21)13-16-5-7-18(8-6-16)25-9-11-27-12-10-25/h1-8,13,15,24H,9-12H2/b17-13+. The van der Waals surface area contributed by atoms with Crippen LogP contribution in [0.4, 0.5) is 5.69 Å². The summed E-state index contributed by atoms with van der Waals surface area (Å²) < 4.78 is 5.38. The molecule has 2 heterocycles. The Balaban J connectivity index is 1.59. The Labute approximate surface area is 157 Å². The highest BCUT2D eigenvalue weighted by Gasteiger charge is 2.16. The van der Waals surface area contributed by atoms with E-state index in [9.17, 15) is 10.1 Å². The van der Waals surface area contributed by atoms with Crippen LogP contribution in [0.3, 0.4) is 0 Å². The van der Waals surface area contributed by atoms with Crippen LogP contribution in [0.5, 0.6) is 0 Å². The SMILES string of the molecule is N#C/C(=C\c1ccc(N2CCOCC2)cc1)C(=O)c1c[nH]c2ccccc12. The summed E-state index contributed by atoms with van der Waals surface area (Å²) in [5.41, 5.74) is 3.48. The predicted molar refractivity (Wildman–Crippen MR) is 106 cm³/mol. The molecule has 0 saturated carbocycles. The molecule has 134 valence electrons. The van der Waals surface area contributed by atoms with Crippen molar-refractivity contribution in [2.24, 2.45) is 0 Å². The van der Waals surface area contributed by atoms with Gasteiger partial charge in [-0.2, -0.15) is 5.26 Å². The number of morpholine rings is 1. The van der Waals surface area contributed by atoms with Crippen LogP contribution in [0.25, 0.3) is 17.0 Å². The van der Waals surface area contributed by atoms with Crippen molar-refractivity contribution in [3.8, 4) is 6.07 Å². The minimum absolute atomic E-state index is 0.124. The smallest absolute Gasteiger partial charge is 0.205 e. The van der Waals surface area contributed by atoms with E-state index in [1.165, 1.54) is 0 Å². The molecule has 5 heteroatoms. The van der Waals surface area contributed by atoms with E-state index < -0.39 is 0 Å². The van der Waals surface area contributed by atoms with Crippen molar-refractivity contribution in [1.82, 2.24) is 4.98 Å². The van der Waals surface area contributed by atoms with Gasteiger partial charge in [0.2, 0.25) is 5.78 Å². The fraction of sp³-hybridized carbons (Fsp3) is 0.182. The molecule has 1 saturated heterocycles. The van der Waals surface area contributed by atoms with Crippen LogP contribution in [0.1, 0.15) is 15.9 Å². The maximum Gasteiger partial charge on any atom is 0.205 e. The maximum absolute atomic E-state index is 12.8. The molecular weight excluding hydrogens is 338 g/mol. The summed E-state index contributed by atoms with van der Waals surface area (Å²) in [4.78, 5) is 18.2. The van der Waals surface area contributed by atoms with Crippen LogP contribution in [-0.4, -0.2) is 37.1 Å². The number of rotatable bonds is 4. The Morgan fingerprint density at radius 1 is 1.11 bits per heavy atom. The van der Waals surface area contributed by atoms with Gasteiger partial charge in [0.05, 0.1) is 13.2 Å². The maximum atomic E-state index is 12.8. The number of anilines is 1. The number of nitrogens with zero attached hydrogens (tertiary/aromatic N) is 2. The van der Waals surface area contributed by atoms with Gasteiger partial charge in [0, 0.05) is 41.4 Å². The quantitative estimate of drug-likeness (QED) is 0.438. The zero-order chi connectivity index (χ0) is 18.6. The molecule has 1 aromatic heterocycles. The zero-order valence-electron chi connectivity index (χ0n) is 14.8. The van der Waals surface area contributed by atoms with Crippen molar-refractivity contribution >= 4 is 28.4 Å². The molecule has 1 aliphatic rings. The van der Waals surface area contributed by atoms with Crippen molar-refractivity contribution in [3.63, 3.8) is 0 Å². The molecule has 1 aliphatic heterocycles. The van der Waals surface area contributed by atoms with E-state index in [1.807, 2.05) is 48.5 Å². The summed E-state index contributed by atoms with van der Waals surface area (Å²) in [6.45, 7) is 3.22. The van der Waals surface area contributed by atoms with Crippen LogP contribution in [0.15, 0.2) is 60.3 Å². The molecule has 0 unspecified atom stereocenters. The van der Waals surface area contributed by atoms with Crippen LogP contribution in [0, 0.1) is 11.3 Å². The first kappa shape index (κ1) is 17.1. The zero-order valence-corrected chi connectivity index (χ0v) is 14.8. The second-order valence-corrected chi connectivity index (χ2v) is 6.44. The number of allylic oxidation sites excluding steroid dienone is 1. The van der Waals surface area contributed by atoms with Gasteiger partial charge in [-0.3, -0.25) is 4.79 Å². The first-order valence-corrected chi connectivity index (χ1v) is 8.91. The summed E-state index contributed by atoms with van der Waals surface area (Å²) in [6, 6.07) is 17.5. The molecule has 0 spiro atoms. The Morgan fingerprint density at radius 2 is 1.85 bits per heavy atom. The van der Waals surface area contributed by atoms with Crippen molar-refractivity contribution in [1.29, 1.82) is 5.26 Å². The van der Waals surface area contributed by atoms with Crippen LogP contribution >= 0.6 is 0 Å². The van der Waals surface area contributed by atoms with Crippen molar-refractivity contribution in [3.05, 3.63) is 71.4 Å². The number of benzene rings is 2. The number of Topliss-reactive ketones (excluding diaryl/α,β-unsaturated/α-hetero) is 1. The third kappa shape index (κ3) is 3.48. The number of carbonyl (C=O) groups excluding carboxylic acids is 1. The number of ether oxygens (including phenoxy) is 1. The van der Waals surface area contributed by atoms with E-state index >= 15 is 0 Å². The Bertz CT molecular complexity index is 1040. The van der Waals surface area contributed by atoms with E-state index in [4.69, 9.17) is 4.74 Å². The summed E-state index contributed by atoms with van der Waals surface area (Å²) in [5, 5.41) is 10.3. The number of nitriles is 1. The van der Waals surface area contributed by atoms with Crippen LogP contribution in [0.2, 0.25) is 0 Å². The Kier molecular flexibility index (Phi) is 4.73. The number of para-hydroxylation sites is 1. The lowest BCUT2D eigenvalue weighted by molar-refractivity contribution is 0.104. The average molecular weight is 357 g/mol. The summed E-state index contributed by atoms with van der Waals surface area (Å²) in [7, 11) is 0. The lowest BCUT2D eigenvalue weighted by Crippen LogP contribution is -2.36. The van der Waals surface area contributed by atoms with E-state index in [2.05, 4.69) is 16.0 Å². The van der Waals surface area contributed by atoms with Gasteiger partial charge in [-0.05, 0) is 29.8 Å². The molecule has 1 N–H and O–H groups in total. The Hall–Kier alpha value is -3.36. The van der Waals surface area contributed by atoms with Crippen molar-refractivity contribution < 1.29 is 9.53 Å². The highest BCUT2D eigenvalue weighted by atomic mass is 16.5. The van der Waals surface area contributed by atoms with Gasteiger partial charge in [-0.25, -0.2) is 0 Å². The van der Waals surface area contributed by atoms with Crippen molar-refractivity contribution in [2.45, 2.75) is 0 Å². The average Bonchev–Trinajstić information content (AvgIpc) is 3.17. The lowest BCUT2D eigenvalue weighted by atomic mass is 10.0. The minimum atomic E-state index is -0.271. The van der Waals surface area contributed by atoms with Gasteiger partial charge in [-0.15, -0.1) is 0 Å². The number of carbonyl (C=O) groups is 1. The normalized spacial score (nSPS) is 14.9. The fourth-order valence-electron chi connectivity index (χ4n) is 3.32. The summed E-state index contributed by atoms with van der Waals surface area (Å²) in [6.07, 6.45) is 3.31. The van der Waals surface area contributed by atoms with Gasteiger partial charge in [0.1, 0.15) is 11.6 Å². The third-order valence-corrected chi connectivity index (χ3v) is 4.78. The molecule has 0 radical (unpaired) electrons. The molecular formula is C22H19N3O2. The van der Waals surface area contributed by atoms with Crippen LogP contribution < -0.4 is 4.90 Å². The van der Waals surface area contributed by atoms with Gasteiger partial charge < -0.3 is 14.6 Å². The number of aromatic amines is 1. The largest absolute Gasteiger partial charge is 0.378 e. The third-order valence-electron chi connectivity index (χ3n) is 4.78. The molecule has 0 amide bonds. The fourth-order valence-corrected chi connectivity index (χ4v) is 3.32. The number of aromatic nitrogens is 1. The van der Waals surface area contributed by atoms with E-state index in [-0.39, 0.29) is 11.4 Å². The first-order chi connectivity index (χ1) is 13.3. The van der Waals surface area contributed by atoms with Gasteiger partial charge >= 0.3 is 0 Å². The molecule has 1 fully saturated rings. The number of hydrogen-bond acceptors (Lipinski definition) is 4. The molecule has 3 aromatic rings. The topological polar surface area (TPSA) is 69.1 Å².